The first-order chi connectivity index (χ1) is 10.7. The average molecular weight is 296 g/mol. The largest absolute Gasteiger partial charge is 0.348 e. The first kappa shape index (κ1) is 13.9. The molecule has 0 saturated heterocycles. The van der Waals surface area contributed by atoms with Crippen LogP contribution >= 0.6 is 0 Å². The summed E-state index contributed by atoms with van der Waals surface area (Å²) in [5, 5.41) is 6.94. The maximum atomic E-state index is 12.9. The van der Waals surface area contributed by atoms with Gasteiger partial charge in [-0.1, -0.05) is 6.07 Å². The average Bonchev–Trinajstić information content (AvgIpc) is 3.08. The standard InChI is InChI=1S/C16H13FN4O/c17-14-6-4-12(5-7-14)16(22)19-11-13-3-1-8-18-15(13)21-10-2-9-20-21/h1-10H,11H2,(H,19,22). The number of carbonyl (C=O) groups is 1. The number of rotatable bonds is 4. The molecule has 0 radical (unpaired) electrons. The van der Waals surface area contributed by atoms with E-state index in [1.165, 1.54) is 24.3 Å². The van der Waals surface area contributed by atoms with Crippen molar-refractivity contribution in [3.63, 3.8) is 0 Å². The molecule has 3 aromatic rings. The molecule has 1 aromatic carbocycles. The molecule has 1 N–H and O–H groups in total. The summed E-state index contributed by atoms with van der Waals surface area (Å²) in [6.45, 7) is 0.305. The summed E-state index contributed by atoms with van der Waals surface area (Å²) in [6, 6.07) is 10.9. The Morgan fingerprint density at radius 2 is 1.95 bits per heavy atom. The van der Waals surface area contributed by atoms with E-state index in [0.717, 1.165) is 5.56 Å². The van der Waals surface area contributed by atoms with Crippen LogP contribution in [0.5, 0.6) is 0 Å². The number of hydrogen-bond donors (Lipinski definition) is 1. The predicted molar refractivity (Wildman–Crippen MR) is 78.9 cm³/mol. The Hall–Kier alpha value is -3.02. The molecular formula is C16H13FN4O. The number of benzene rings is 1. The second-order valence-corrected chi connectivity index (χ2v) is 4.63. The summed E-state index contributed by atoms with van der Waals surface area (Å²) in [4.78, 5) is 16.3. The molecule has 0 saturated carbocycles. The summed E-state index contributed by atoms with van der Waals surface area (Å²) in [5.41, 5.74) is 1.24. The molecule has 3 rings (SSSR count). The van der Waals surface area contributed by atoms with Crippen molar-refractivity contribution in [1.82, 2.24) is 20.1 Å². The molecule has 0 aliphatic carbocycles. The van der Waals surface area contributed by atoms with Crippen molar-refractivity contribution in [2.75, 3.05) is 0 Å². The number of nitrogens with one attached hydrogen (secondary N) is 1. The fraction of sp³-hybridized carbons (Fsp3) is 0.0625. The van der Waals surface area contributed by atoms with Gasteiger partial charge in [-0.25, -0.2) is 14.1 Å². The minimum Gasteiger partial charge on any atom is -0.348 e. The van der Waals surface area contributed by atoms with E-state index in [0.29, 0.717) is 17.9 Å². The van der Waals surface area contributed by atoms with Crippen LogP contribution in [0.15, 0.2) is 61.1 Å². The highest BCUT2D eigenvalue weighted by molar-refractivity contribution is 5.94. The molecule has 0 aliphatic rings. The first-order valence-electron chi connectivity index (χ1n) is 6.72. The van der Waals surface area contributed by atoms with Crippen LogP contribution in [0.2, 0.25) is 0 Å². The zero-order chi connectivity index (χ0) is 15.4. The van der Waals surface area contributed by atoms with Crippen LogP contribution in [0.1, 0.15) is 15.9 Å². The lowest BCUT2D eigenvalue weighted by atomic mass is 10.2. The molecule has 0 fully saturated rings. The van der Waals surface area contributed by atoms with Gasteiger partial charge < -0.3 is 5.32 Å². The van der Waals surface area contributed by atoms with E-state index in [4.69, 9.17) is 0 Å². The number of hydrogen-bond acceptors (Lipinski definition) is 3. The highest BCUT2D eigenvalue weighted by Gasteiger charge is 2.09. The summed E-state index contributed by atoms with van der Waals surface area (Å²) >= 11 is 0. The van der Waals surface area contributed by atoms with Gasteiger partial charge in [0, 0.05) is 36.3 Å². The lowest BCUT2D eigenvalue weighted by molar-refractivity contribution is 0.0951. The summed E-state index contributed by atoms with van der Waals surface area (Å²) in [6.07, 6.45) is 5.12. The van der Waals surface area contributed by atoms with Crippen LogP contribution in [0.3, 0.4) is 0 Å². The zero-order valence-electron chi connectivity index (χ0n) is 11.6. The van der Waals surface area contributed by atoms with Crippen LogP contribution in [-0.4, -0.2) is 20.7 Å². The van der Waals surface area contributed by atoms with Crippen molar-refractivity contribution in [1.29, 1.82) is 0 Å². The number of pyridine rings is 1. The second kappa shape index (κ2) is 6.17. The van der Waals surface area contributed by atoms with Gasteiger partial charge in [0.1, 0.15) is 5.82 Å². The van der Waals surface area contributed by atoms with Crippen molar-refractivity contribution < 1.29 is 9.18 Å². The molecule has 0 atom stereocenters. The molecule has 0 unspecified atom stereocenters. The van der Waals surface area contributed by atoms with Gasteiger partial charge in [-0.15, -0.1) is 0 Å². The third-order valence-corrected chi connectivity index (χ3v) is 3.13. The minimum atomic E-state index is -0.371. The summed E-state index contributed by atoms with van der Waals surface area (Å²) in [7, 11) is 0. The van der Waals surface area contributed by atoms with E-state index in [-0.39, 0.29) is 11.7 Å². The van der Waals surface area contributed by atoms with E-state index in [1.54, 1.807) is 35.4 Å². The quantitative estimate of drug-likeness (QED) is 0.804. The van der Waals surface area contributed by atoms with Gasteiger partial charge in [0.15, 0.2) is 5.82 Å². The van der Waals surface area contributed by atoms with Crippen molar-refractivity contribution in [3.05, 3.63) is 78.0 Å². The number of nitrogens with zero attached hydrogens (tertiary/aromatic N) is 3. The van der Waals surface area contributed by atoms with E-state index in [2.05, 4.69) is 15.4 Å². The highest BCUT2D eigenvalue weighted by Crippen LogP contribution is 2.10. The van der Waals surface area contributed by atoms with Crippen molar-refractivity contribution >= 4 is 5.91 Å². The van der Waals surface area contributed by atoms with E-state index < -0.39 is 0 Å². The Kier molecular flexibility index (Phi) is 3.91. The Bertz CT molecular complexity index is 769. The molecule has 0 aliphatic heterocycles. The van der Waals surface area contributed by atoms with Crippen LogP contribution in [0.4, 0.5) is 4.39 Å². The first-order valence-corrected chi connectivity index (χ1v) is 6.72. The molecule has 5 nitrogen and oxygen atoms in total. The highest BCUT2D eigenvalue weighted by atomic mass is 19.1. The Morgan fingerprint density at radius 1 is 1.14 bits per heavy atom. The van der Waals surface area contributed by atoms with Crippen LogP contribution in [-0.2, 0) is 6.54 Å². The van der Waals surface area contributed by atoms with Crippen molar-refractivity contribution in [2.45, 2.75) is 6.54 Å². The van der Waals surface area contributed by atoms with E-state index in [1.807, 2.05) is 6.07 Å². The topological polar surface area (TPSA) is 59.8 Å². The SMILES string of the molecule is O=C(NCc1cccnc1-n1cccn1)c1ccc(F)cc1. The van der Waals surface area contributed by atoms with Crippen molar-refractivity contribution in [3.8, 4) is 5.82 Å². The fourth-order valence-electron chi connectivity index (χ4n) is 2.05. The summed E-state index contributed by atoms with van der Waals surface area (Å²) in [5.74, 6) is 0.0203. The molecule has 2 heterocycles. The van der Waals surface area contributed by atoms with Gasteiger partial charge >= 0.3 is 0 Å². The van der Waals surface area contributed by atoms with E-state index in [9.17, 15) is 9.18 Å². The molecule has 22 heavy (non-hydrogen) atoms. The Labute approximate surface area is 126 Å². The normalized spacial score (nSPS) is 10.4. The monoisotopic (exact) mass is 296 g/mol. The second-order valence-electron chi connectivity index (χ2n) is 4.63. The number of halogens is 1. The van der Waals surface area contributed by atoms with Gasteiger partial charge in [0.2, 0.25) is 0 Å². The predicted octanol–water partition coefficient (Wildman–Crippen LogP) is 2.34. The lowest BCUT2D eigenvalue weighted by Gasteiger charge is -2.09. The van der Waals surface area contributed by atoms with Crippen LogP contribution < -0.4 is 5.32 Å². The number of aromatic nitrogens is 3. The molecular weight excluding hydrogens is 283 g/mol. The molecule has 6 heteroatoms. The molecule has 0 bridgehead atoms. The number of carbonyl (C=O) groups excluding carboxylic acids is 1. The Balaban J connectivity index is 1.74. The van der Waals surface area contributed by atoms with Gasteiger partial charge in [-0.05, 0) is 36.4 Å². The van der Waals surface area contributed by atoms with Gasteiger partial charge in [0.05, 0.1) is 0 Å². The van der Waals surface area contributed by atoms with Gasteiger partial charge in [-0.2, -0.15) is 5.10 Å². The maximum Gasteiger partial charge on any atom is 0.251 e. The molecule has 1 amide bonds. The molecule has 0 spiro atoms. The third-order valence-electron chi connectivity index (χ3n) is 3.13. The lowest BCUT2D eigenvalue weighted by Crippen LogP contribution is -2.23. The fourth-order valence-corrected chi connectivity index (χ4v) is 2.05. The van der Waals surface area contributed by atoms with Crippen LogP contribution in [0.25, 0.3) is 5.82 Å². The van der Waals surface area contributed by atoms with Crippen LogP contribution in [0, 0.1) is 5.82 Å². The summed E-state index contributed by atoms with van der Waals surface area (Å²) < 4.78 is 14.5. The van der Waals surface area contributed by atoms with E-state index >= 15 is 0 Å². The third kappa shape index (κ3) is 3.01. The van der Waals surface area contributed by atoms with Gasteiger partial charge in [0.25, 0.3) is 5.91 Å². The zero-order valence-corrected chi connectivity index (χ0v) is 11.6. The molecule has 2 aromatic heterocycles. The smallest absolute Gasteiger partial charge is 0.251 e. The molecule has 110 valence electrons. The maximum absolute atomic E-state index is 12.9. The number of amides is 1. The Morgan fingerprint density at radius 3 is 2.68 bits per heavy atom. The van der Waals surface area contributed by atoms with Gasteiger partial charge in [-0.3, -0.25) is 4.79 Å². The van der Waals surface area contributed by atoms with Crippen molar-refractivity contribution in [2.24, 2.45) is 0 Å². The minimum absolute atomic E-state index is 0.268.